The molecule has 1 amide bonds. The van der Waals surface area contributed by atoms with Crippen LogP contribution in [0.4, 0.5) is 5.95 Å². The highest BCUT2D eigenvalue weighted by Crippen LogP contribution is 2.34. The lowest BCUT2D eigenvalue weighted by molar-refractivity contribution is -0.144. The first-order valence-electron chi connectivity index (χ1n) is 10.8. The first kappa shape index (κ1) is 21.7. The van der Waals surface area contributed by atoms with E-state index in [9.17, 15) is 9.90 Å². The van der Waals surface area contributed by atoms with Gasteiger partial charge in [-0.2, -0.15) is 5.10 Å². The van der Waals surface area contributed by atoms with Crippen molar-refractivity contribution in [2.24, 2.45) is 7.05 Å². The summed E-state index contributed by atoms with van der Waals surface area (Å²) < 4.78 is 7.09. The maximum Gasteiger partial charge on any atom is 0.262 e. The molecule has 1 aliphatic rings. The third-order valence-electron chi connectivity index (χ3n) is 5.93. The van der Waals surface area contributed by atoms with Gasteiger partial charge < -0.3 is 19.8 Å². The molecule has 1 unspecified atom stereocenters. The Morgan fingerprint density at radius 3 is 2.62 bits per heavy atom. The molecule has 2 N–H and O–H groups in total. The van der Waals surface area contributed by atoms with Crippen LogP contribution < -0.4 is 5.32 Å². The van der Waals surface area contributed by atoms with Crippen molar-refractivity contribution in [3.05, 3.63) is 60.2 Å². The molecule has 11 heteroatoms. The number of nitrogens with zero attached hydrogens (tertiary/aromatic N) is 7. The molecule has 11 nitrogen and oxygen atoms in total. The standard InChI is InChI=1S/C23H24N8O3/c1-14(15-12-25-31(3)13-15)26-22-24-9-7-18(28-22)16-5-4-6-17(27-16)19-11-20(34-29-19)23(33)8-10-30(2)21(23)32/h4-7,9,11-14,33H,8,10H2,1-3H3,(H,24,26,28)/t14?,23-/m1/s1. The average Bonchev–Trinajstić information content (AvgIpc) is 3.57. The van der Waals surface area contributed by atoms with Gasteiger partial charge in [-0.1, -0.05) is 11.2 Å². The molecule has 1 aliphatic heterocycles. The van der Waals surface area contributed by atoms with Crippen LogP contribution in [-0.4, -0.2) is 59.4 Å². The van der Waals surface area contributed by atoms with Crippen LogP contribution in [0.3, 0.4) is 0 Å². The topological polar surface area (TPSA) is 135 Å². The second-order valence-corrected chi connectivity index (χ2v) is 8.40. The van der Waals surface area contributed by atoms with Crippen molar-refractivity contribution in [2.75, 3.05) is 18.9 Å². The number of hydrogen-bond donors (Lipinski definition) is 2. The molecule has 2 atom stereocenters. The number of nitrogens with one attached hydrogen (secondary N) is 1. The minimum absolute atomic E-state index is 0.0278. The SMILES string of the molecule is CC(Nc1nccc(-c2cccc(-c3cc([C@]4(O)CCN(C)C4=O)on3)n2)n1)c1cnn(C)c1. The molecule has 1 saturated heterocycles. The number of amides is 1. The molecule has 0 aromatic carbocycles. The Kier molecular flexibility index (Phi) is 5.33. The lowest BCUT2D eigenvalue weighted by Crippen LogP contribution is -2.35. The van der Waals surface area contributed by atoms with Crippen LogP contribution in [0.2, 0.25) is 0 Å². The first-order valence-corrected chi connectivity index (χ1v) is 10.8. The van der Waals surface area contributed by atoms with Gasteiger partial charge in [-0.05, 0) is 25.1 Å². The monoisotopic (exact) mass is 460 g/mol. The highest BCUT2D eigenvalue weighted by molar-refractivity contribution is 5.87. The van der Waals surface area contributed by atoms with Gasteiger partial charge in [0.1, 0.15) is 5.69 Å². The molecule has 0 spiro atoms. The molecular formula is C23H24N8O3. The number of anilines is 1. The van der Waals surface area contributed by atoms with E-state index in [-0.39, 0.29) is 18.2 Å². The van der Waals surface area contributed by atoms with Gasteiger partial charge in [0.25, 0.3) is 5.91 Å². The fraction of sp³-hybridized carbons (Fsp3) is 0.304. The van der Waals surface area contributed by atoms with Crippen molar-refractivity contribution >= 4 is 11.9 Å². The van der Waals surface area contributed by atoms with Crippen LogP contribution in [0.5, 0.6) is 0 Å². The van der Waals surface area contributed by atoms with Gasteiger partial charge in [0.2, 0.25) is 11.5 Å². The van der Waals surface area contributed by atoms with Gasteiger partial charge in [-0.3, -0.25) is 9.48 Å². The molecule has 34 heavy (non-hydrogen) atoms. The number of aliphatic hydroxyl groups is 1. The van der Waals surface area contributed by atoms with E-state index in [4.69, 9.17) is 4.52 Å². The second-order valence-electron chi connectivity index (χ2n) is 8.40. The van der Waals surface area contributed by atoms with Crippen LogP contribution >= 0.6 is 0 Å². The van der Waals surface area contributed by atoms with Crippen molar-refractivity contribution < 1.29 is 14.4 Å². The molecule has 5 heterocycles. The zero-order valence-electron chi connectivity index (χ0n) is 19.0. The summed E-state index contributed by atoms with van der Waals surface area (Å²) in [5.74, 6) is 0.177. The summed E-state index contributed by atoms with van der Waals surface area (Å²) in [4.78, 5) is 27.4. The smallest absolute Gasteiger partial charge is 0.262 e. The Balaban J connectivity index is 1.38. The number of aromatic nitrogens is 6. The van der Waals surface area contributed by atoms with Gasteiger partial charge in [-0.25, -0.2) is 15.0 Å². The minimum Gasteiger partial charge on any atom is -0.373 e. The third kappa shape index (κ3) is 3.90. The van der Waals surface area contributed by atoms with Crippen molar-refractivity contribution in [3.8, 4) is 22.8 Å². The molecule has 0 saturated carbocycles. The van der Waals surface area contributed by atoms with E-state index in [0.717, 1.165) is 5.56 Å². The number of pyridine rings is 1. The predicted molar refractivity (Wildman–Crippen MR) is 122 cm³/mol. The fourth-order valence-electron chi connectivity index (χ4n) is 3.90. The van der Waals surface area contributed by atoms with Crippen LogP contribution in [0.25, 0.3) is 22.8 Å². The molecule has 174 valence electrons. The maximum absolute atomic E-state index is 12.4. The summed E-state index contributed by atoms with van der Waals surface area (Å²) in [6.07, 6.45) is 5.65. The van der Waals surface area contributed by atoms with E-state index in [0.29, 0.717) is 35.3 Å². The Morgan fingerprint density at radius 2 is 1.91 bits per heavy atom. The molecule has 0 bridgehead atoms. The van der Waals surface area contributed by atoms with Crippen molar-refractivity contribution in [3.63, 3.8) is 0 Å². The molecule has 1 fully saturated rings. The fourth-order valence-corrected chi connectivity index (χ4v) is 3.90. The number of carbonyl (C=O) groups is 1. The minimum atomic E-state index is -1.70. The number of likely N-dealkylation sites (N-methyl/N-ethyl adjacent to an activating group) is 1. The van der Waals surface area contributed by atoms with E-state index < -0.39 is 11.5 Å². The van der Waals surface area contributed by atoms with E-state index in [1.165, 1.54) is 4.90 Å². The number of hydrogen-bond acceptors (Lipinski definition) is 9. The Labute approximate surface area is 195 Å². The van der Waals surface area contributed by atoms with E-state index in [2.05, 4.69) is 30.5 Å². The van der Waals surface area contributed by atoms with E-state index in [1.807, 2.05) is 32.3 Å². The summed E-state index contributed by atoms with van der Waals surface area (Å²) in [5.41, 5.74) is 1.53. The lowest BCUT2D eigenvalue weighted by atomic mass is 9.98. The highest BCUT2D eigenvalue weighted by atomic mass is 16.5. The van der Waals surface area contributed by atoms with Crippen LogP contribution in [0.1, 0.15) is 30.7 Å². The lowest BCUT2D eigenvalue weighted by Gasteiger charge is -2.16. The van der Waals surface area contributed by atoms with Gasteiger partial charge >= 0.3 is 0 Å². The van der Waals surface area contributed by atoms with Gasteiger partial charge in [0.15, 0.2) is 5.76 Å². The molecule has 5 rings (SSSR count). The zero-order valence-corrected chi connectivity index (χ0v) is 19.0. The zero-order chi connectivity index (χ0) is 23.9. The van der Waals surface area contributed by atoms with E-state index >= 15 is 0 Å². The normalized spacial score (nSPS) is 18.9. The average molecular weight is 460 g/mol. The Morgan fingerprint density at radius 1 is 1.15 bits per heavy atom. The number of likely N-dealkylation sites (tertiary alicyclic amines) is 1. The van der Waals surface area contributed by atoms with Crippen molar-refractivity contribution in [2.45, 2.75) is 25.0 Å². The predicted octanol–water partition coefficient (Wildman–Crippen LogP) is 2.15. The van der Waals surface area contributed by atoms with Crippen LogP contribution in [0, 0.1) is 0 Å². The van der Waals surface area contributed by atoms with E-state index in [1.54, 1.807) is 42.3 Å². The second kappa shape index (κ2) is 8.34. The summed E-state index contributed by atoms with van der Waals surface area (Å²) in [6.45, 7) is 2.46. The summed E-state index contributed by atoms with van der Waals surface area (Å²) in [5, 5.41) is 22.3. The molecular weight excluding hydrogens is 436 g/mol. The highest BCUT2D eigenvalue weighted by Gasteiger charge is 2.48. The van der Waals surface area contributed by atoms with Gasteiger partial charge in [-0.15, -0.1) is 0 Å². The van der Waals surface area contributed by atoms with Crippen LogP contribution in [0.15, 0.2) is 53.4 Å². The van der Waals surface area contributed by atoms with Crippen molar-refractivity contribution in [1.29, 1.82) is 0 Å². The maximum atomic E-state index is 12.4. The molecule has 0 aliphatic carbocycles. The quantitative estimate of drug-likeness (QED) is 0.444. The van der Waals surface area contributed by atoms with Gasteiger partial charge in [0, 0.05) is 51.1 Å². The van der Waals surface area contributed by atoms with Crippen molar-refractivity contribution in [1.82, 2.24) is 34.8 Å². The number of rotatable bonds is 6. The molecule has 4 aromatic heterocycles. The molecule has 4 aromatic rings. The largest absolute Gasteiger partial charge is 0.373 e. The molecule has 0 radical (unpaired) electrons. The van der Waals surface area contributed by atoms with Gasteiger partial charge in [0.05, 0.1) is 29.3 Å². The number of carbonyl (C=O) groups excluding carboxylic acids is 1. The first-order chi connectivity index (χ1) is 16.3. The van der Waals surface area contributed by atoms with Crippen LogP contribution in [-0.2, 0) is 17.4 Å². The number of aryl methyl sites for hydroxylation is 1. The Hall–Kier alpha value is -4.12. The third-order valence-corrected chi connectivity index (χ3v) is 5.93. The summed E-state index contributed by atoms with van der Waals surface area (Å²) in [7, 11) is 3.51. The summed E-state index contributed by atoms with van der Waals surface area (Å²) >= 11 is 0. The Bertz CT molecular complexity index is 1350. The summed E-state index contributed by atoms with van der Waals surface area (Å²) in [6, 6.07) is 8.76.